The lowest BCUT2D eigenvalue weighted by Gasteiger charge is -2.09. The molecule has 1 amide bonds. The van der Waals surface area contributed by atoms with Gasteiger partial charge in [-0.1, -0.05) is 53.5 Å². The first-order valence-corrected chi connectivity index (χ1v) is 8.83. The molecule has 140 valence electrons. The van der Waals surface area contributed by atoms with E-state index in [4.69, 9.17) is 23.2 Å². The average molecular weight is 414 g/mol. The zero-order valence-corrected chi connectivity index (χ0v) is 15.8. The van der Waals surface area contributed by atoms with Gasteiger partial charge in [0.1, 0.15) is 0 Å². The maximum atomic E-state index is 12.3. The van der Waals surface area contributed by atoms with Crippen LogP contribution in [0.3, 0.4) is 0 Å². The number of benzene rings is 3. The largest absolute Gasteiger partial charge is 0.321 e. The van der Waals surface area contributed by atoms with Crippen molar-refractivity contribution in [2.45, 2.75) is 0 Å². The second-order valence-electron chi connectivity index (χ2n) is 5.71. The maximum absolute atomic E-state index is 12.3. The number of nitro groups is 1. The van der Waals surface area contributed by atoms with Gasteiger partial charge < -0.3 is 5.32 Å². The zero-order chi connectivity index (χ0) is 20.1. The molecule has 8 heteroatoms. The zero-order valence-electron chi connectivity index (χ0n) is 14.3. The number of rotatable bonds is 5. The van der Waals surface area contributed by atoms with Crippen LogP contribution in [0.2, 0.25) is 10.0 Å². The van der Waals surface area contributed by atoms with Crippen molar-refractivity contribution < 1.29 is 9.72 Å². The Morgan fingerprint density at radius 3 is 2.46 bits per heavy atom. The second kappa shape index (κ2) is 8.65. The Morgan fingerprint density at radius 2 is 1.75 bits per heavy atom. The van der Waals surface area contributed by atoms with E-state index in [0.717, 1.165) is 0 Å². The number of carbonyl (C=O) groups excluding carboxylic acids is 1. The van der Waals surface area contributed by atoms with E-state index in [0.29, 0.717) is 22.5 Å². The Hall–Kier alpha value is -3.22. The van der Waals surface area contributed by atoms with Gasteiger partial charge in [-0.15, -0.1) is 0 Å². The van der Waals surface area contributed by atoms with Crippen molar-refractivity contribution in [2.75, 3.05) is 5.32 Å². The highest BCUT2D eigenvalue weighted by molar-refractivity contribution is 6.38. The minimum absolute atomic E-state index is 0.0398. The minimum Gasteiger partial charge on any atom is -0.321 e. The summed E-state index contributed by atoms with van der Waals surface area (Å²) in [6.07, 6.45) is 1.45. The Morgan fingerprint density at radius 1 is 1.00 bits per heavy atom. The van der Waals surface area contributed by atoms with Gasteiger partial charge in [0.2, 0.25) is 0 Å². The molecule has 0 saturated carbocycles. The van der Waals surface area contributed by atoms with Crippen molar-refractivity contribution in [3.05, 3.63) is 98.0 Å². The van der Waals surface area contributed by atoms with Crippen LogP contribution in [0, 0.1) is 10.1 Å². The van der Waals surface area contributed by atoms with Crippen molar-refractivity contribution in [3.8, 4) is 0 Å². The van der Waals surface area contributed by atoms with Gasteiger partial charge in [0.25, 0.3) is 11.6 Å². The third-order valence-corrected chi connectivity index (χ3v) is 4.37. The van der Waals surface area contributed by atoms with E-state index in [9.17, 15) is 14.9 Å². The highest BCUT2D eigenvalue weighted by Gasteiger charge is 2.11. The Kier molecular flexibility index (Phi) is 6.03. The number of carbonyl (C=O) groups is 1. The van der Waals surface area contributed by atoms with E-state index in [-0.39, 0.29) is 21.6 Å². The summed E-state index contributed by atoms with van der Waals surface area (Å²) in [5.74, 6) is -0.321. The molecule has 3 rings (SSSR count). The lowest BCUT2D eigenvalue weighted by atomic mass is 10.2. The fraction of sp³-hybridized carbons (Fsp3) is 0. The van der Waals surface area contributed by atoms with Crippen LogP contribution in [0.25, 0.3) is 0 Å². The number of amides is 1. The summed E-state index contributed by atoms with van der Waals surface area (Å²) < 4.78 is 0. The predicted molar refractivity (Wildman–Crippen MR) is 111 cm³/mol. The SMILES string of the molecule is O=C(Nc1cc(N=Cc2cccc([N+](=O)[O-])c2)c(Cl)cc1Cl)c1ccccc1. The Bertz CT molecular complexity index is 1070. The highest BCUT2D eigenvalue weighted by Crippen LogP contribution is 2.34. The van der Waals surface area contributed by atoms with E-state index in [1.807, 2.05) is 6.07 Å². The summed E-state index contributed by atoms with van der Waals surface area (Å²) in [7, 11) is 0. The first-order chi connectivity index (χ1) is 13.4. The summed E-state index contributed by atoms with van der Waals surface area (Å²) in [4.78, 5) is 27.0. The number of non-ortho nitro benzene ring substituents is 1. The molecule has 0 bridgehead atoms. The molecule has 0 aliphatic heterocycles. The number of nitrogens with zero attached hydrogens (tertiary/aromatic N) is 2. The quantitative estimate of drug-likeness (QED) is 0.320. The average Bonchev–Trinajstić information content (AvgIpc) is 2.70. The number of halogens is 2. The van der Waals surface area contributed by atoms with E-state index < -0.39 is 4.92 Å². The number of hydrogen-bond acceptors (Lipinski definition) is 4. The van der Waals surface area contributed by atoms with Gasteiger partial charge in [-0.3, -0.25) is 19.9 Å². The van der Waals surface area contributed by atoms with Gasteiger partial charge in [-0.05, 0) is 29.8 Å². The molecular formula is C20H13Cl2N3O3. The molecule has 0 fully saturated rings. The van der Waals surface area contributed by atoms with Crippen LogP contribution < -0.4 is 5.32 Å². The number of anilines is 1. The topological polar surface area (TPSA) is 84.6 Å². The molecule has 0 heterocycles. The van der Waals surface area contributed by atoms with Crippen LogP contribution in [-0.2, 0) is 0 Å². The summed E-state index contributed by atoms with van der Waals surface area (Å²) in [6.45, 7) is 0. The molecule has 0 radical (unpaired) electrons. The normalized spacial score (nSPS) is 10.8. The Labute approximate surface area is 170 Å². The molecule has 0 unspecified atom stereocenters. The third kappa shape index (κ3) is 4.73. The van der Waals surface area contributed by atoms with Crippen LogP contribution in [-0.4, -0.2) is 17.0 Å². The van der Waals surface area contributed by atoms with Crippen molar-refractivity contribution in [1.82, 2.24) is 0 Å². The fourth-order valence-electron chi connectivity index (χ4n) is 2.38. The molecule has 0 aliphatic rings. The predicted octanol–water partition coefficient (Wildman–Crippen LogP) is 5.90. The first-order valence-electron chi connectivity index (χ1n) is 8.08. The summed E-state index contributed by atoms with van der Waals surface area (Å²) >= 11 is 12.4. The smallest absolute Gasteiger partial charge is 0.270 e. The monoisotopic (exact) mass is 413 g/mol. The molecule has 3 aromatic rings. The lowest BCUT2D eigenvalue weighted by molar-refractivity contribution is -0.384. The second-order valence-corrected chi connectivity index (χ2v) is 6.53. The van der Waals surface area contributed by atoms with Crippen molar-refractivity contribution in [2.24, 2.45) is 4.99 Å². The van der Waals surface area contributed by atoms with Crippen LogP contribution in [0.5, 0.6) is 0 Å². The van der Waals surface area contributed by atoms with E-state index in [2.05, 4.69) is 10.3 Å². The molecule has 0 aromatic heterocycles. The molecule has 3 aromatic carbocycles. The van der Waals surface area contributed by atoms with Crippen LogP contribution in [0.4, 0.5) is 17.1 Å². The van der Waals surface area contributed by atoms with Crippen molar-refractivity contribution in [3.63, 3.8) is 0 Å². The van der Waals surface area contributed by atoms with Gasteiger partial charge in [0.15, 0.2) is 0 Å². The Balaban J connectivity index is 1.86. The molecule has 0 aliphatic carbocycles. The number of nitro benzene ring substituents is 1. The number of hydrogen-bond donors (Lipinski definition) is 1. The molecule has 0 saturated heterocycles. The highest BCUT2D eigenvalue weighted by atomic mass is 35.5. The maximum Gasteiger partial charge on any atom is 0.270 e. The minimum atomic E-state index is -0.482. The first kappa shape index (κ1) is 19.5. The molecule has 6 nitrogen and oxygen atoms in total. The molecule has 28 heavy (non-hydrogen) atoms. The summed E-state index contributed by atoms with van der Waals surface area (Å²) in [5, 5.41) is 14.1. The van der Waals surface area contributed by atoms with E-state index in [1.54, 1.807) is 42.5 Å². The van der Waals surface area contributed by atoms with Gasteiger partial charge in [-0.25, -0.2) is 0 Å². The third-order valence-electron chi connectivity index (χ3n) is 3.75. The van der Waals surface area contributed by atoms with Crippen LogP contribution in [0.1, 0.15) is 15.9 Å². The molecule has 0 spiro atoms. The van der Waals surface area contributed by atoms with Gasteiger partial charge in [-0.2, -0.15) is 0 Å². The lowest BCUT2D eigenvalue weighted by Crippen LogP contribution is -2.11. The van der Waals surface area contributed by atoms with E-state index in [1.165, 1.54) is 24.4 Å². The van der Waals surface area contributed by atoms with E-state index >= 15 is 0 Å². The van der Waals surface area contributed by atoms with Crippen LogP contribution in [0.15, 0.2) is 71.7 Å². The number of aliphatic imine (C=N–C) groups is 1. The van der Waals surface area contributed by atoms with Gasteiger partial charge in [0.05, 0.1) is 26.3 Å². The number of nitrogens with one attached hydrogen (secondary N) is 1. The molecule has 1 N–H and O–H groups in total. The van der Waals surface area contributed by atoms with Gasteiger partial charge in [0, 0.05) is 23.9 Å². The standard InChI is InChI=1S/C20H13Cl2N3O3/c21-16-10-17(22)19(24-20(26)14-6-2-1-3-7-14)11-18(16)23-12-13-5-4-8-15(9-13)25(27)28/h1-12H,(H,24,26). The van der Waals surface area contributed by atoms with Crippen LogP contribution >= 0.6 is 23.2 Å². The van der Waals surface area contributed by atoms with Crippen molar-refractivity contribution in [1.29, 1.82) is 0 Å². The summed E-state index contributed by atoms with van der Waals surface area (Å²) in [5.41, 5.74) is 1.69. The fourth-order valence-corrected chi connectivity index (χ4v) is 2.86. The van der Waals surface area contributed by atoms with Crippen molar-refractivity contribution >= 4 is 52.4 Å². The summed E-state index contributed by atoms with van der Waals surface area (Å²) in [6, 6.07) is 17.7. The van der Waals surface area contributed by atoms with Gasteiger partial charge >= 0.3 is 0 Å². The molecular weight excluding hydrogens is 401 g/mol. The molecule has 0 atom stereocenters.